The second-order valence-electron chi connectivity index (χ2n) is 2.18. The maximum Gasteiger partial charge on any atom is 0.302 e. The number of hydrogen-bond donors (Lipinski definition) is 2. The number of carbonyl (C=O) groups excluding carboxylic acids is 1. The Bertz CT molecular complexity index is 211. The lowest BCUT2D eigenvalue weighted by atomic mass is 10.4. The highest BCUT2D eigenvalue weighted by Gasteiger charge is 1.81. The van der Waals surface area contributed by atoms with Crippen molar-refractivity contribution in [1.29, 1.82) is 0 Å². The van der Waals surface area contributed by atoms with Gasteiger partial charge in [-0.05, 0) is 6.92 Å². The van der Waals surface area contributed by atoms with Crippen LogP contribution in [0.5, 0.6) is 0 Å². The summed E-state index contributed by atoms with van der Waals surface area (Å²) < 4.78 is 4.40. The van der Waals surface area contributed by atoms with Crippen LogP contribution in [0.2, 0.25) is 0 Å². The predicted octanol–water partition coefficient (Wildman–Crippen LogP) is 0.741. The van der Waals surface area contributed by atoms with E-state index < -0.39 is 0 Å². The largest absolute Gasteiger partial charge is 0.483 e. The molecule has 18 heavy (non-hydrogen) atoms. The van der Waals surface area contributed by atoms with Crippen LogP contribution in [-0.4, -0.2) is 41.8 Å². The third-order valence-corrected chi connectivity index (χ3v) is 1.01. The number of hydrogen-bond acceptors (Lipinski definition) is 4. The lowest BCUT2D eigenvalue weighted by molar-refractivity contribution is -0.140. The summed E-state index contributed by atoms with van der Waals surface area (Å²) >= 11 is 0. The number of esters is 1. The van der Waals surface area contributed by atoms with Crippen molar-refractivity contribution in [3.8, 4) is 0 Å². The Kier molecular flexibility index (Phi) is 41.0. The van der Waals surface area contributed by atoms with Crippen LogP contribution in [0.25, 0.3) is 0 Å². The highest BCUT2D eigenvalue weighted by atomic mass is 16.5. The van der Waals surface area contributed by atoms with Crippen molar-refractivity contribution in [2.24, 2.45) is 0 Å². The molecule has 0 bridgehead atoms. The summed E-state index contributed by atoms with van der Waals surface area (Å²) in [6, 6.07) is 12.0. The van der Waals surface area contributed by atoms with Crippen LogP contribution in [-0.2, 0) is 14.3 Å². The highest BCUT2D eigenvalue weighted by molar-refractivity contribution is 5.65. The molecule has 106 valence electrons. The van der Waals surface area contributed by atoms with E-state index in [9.17, 15) is 4.79 Å². The zero-order valence-corrected chi connectivity index (χ0v) is 10.9. The van der Waals surface area contributed by atoms with Gasteiger partial charge >= 0.3 is 5.97 Å². The summed E-state index contributed by atoms with van der Waals surface area (Å²) in [5.41, 5.74) is 0. The number of rotatable bonds is 1. The average Bonchev–Trinajstić information content (AvgIpc) is 2.35. The first kappa shape index (κ1) is 25.1. The predicted molar refractivity (Wildman–Crippen MR) is 69.2 cm³/mol. The Morgan fingerprint density at radius 3 is 1.39 bits per heavy atom. The van der Waals surface area contributed by atoms with Crippen LogP contribution < -0.4 is 0 Å². The number of ether oxygens (including phenoxy) is 1. The zero-order chi connectivity index (χ0) is 13.9. The summed E-state index contributed by atoms with van der Waals surface area (Å²) in [6.45, 7) is 3.40. The Balaban J connectivity index is -0.0000000779. The van der Waals surface area contributed by atoms with Crippen LogP contribution in [0.4, 0.5) is 0 Å². The van der Waals surface area contributed by atoms with Gasteiger partial charge in [-0.15, -0.1) is 0 Å². The first-order valence-electron chi connectivity index (χ1n) is 4.85. The smallest absolute Gasteiger partial charge is 0.302 e. The normalized spacial score (nSPS) is 6.22. The van der Waals surface area contributed by atoms with Gasteiger partial charge in [0.1, 0.15) is 0 Å². The number of aliphatic hydroxyl groups is 1. The van der Waals surface area contributed by atoms with Gasteiger partial charge in [-0.3, -0.25) is 9.59 Å². The Morgan fingerprint density at radius 2 is 1.33 bits per heavy atom. The monoisotopic (exact) mass is 262 g/mol. The van der Waals surface area contributed by atoms with Gasteiger partial charge in [-0.1, -0.05) is 36.4 Å². The maximum atomic E-state index is 9.82. The lowest BCUT2D eigenvalue weighted by Crippen LogP contribution is -1.95. The Hall–Kier alpha value is -1.92. The van der Waals surface area contributed by atoms with Crippen molar-refractivity contribution in [3.63, 3.8) is 0 Å². The molecule has 0 aliphatic heterocycles. The molecule has 0 amide bonds. The van der Waals surface area contributed by atoms with Gasteiger partial charge in [0, 0.05) is 14.0 Å². The van der Waals surface area contributed by atoms with E-state index in [0.29, 0.717) is 6.61 Å². The maximum absolute atomic E-state index is 9.82. The molecule has 0 heterocycles. The molecule has 0 radical (unpaired) electrons. The van der Waals surface area contributed by atoms with E-state index in [1.807, 2.05) is 36.4 Å². The van der Waals surface area contributed by atoms with Crippen LogP contribution in [0, 0.1) is 0 Å². The SMILES string of the molecule is CCOC(C)=O.CO.O.O=CO.c1ccccc1. The van der Waals surface area contributed by atoms with E-state index in [4.69, 9.17) is 15.0 Å². The Morgan fingerprint density at radius 1 is 1.11 bits per heavy atom. The molecule has 0 fully saturated rings. The molecule has 0 aromatic heterocycles. The number of carboxylic acid groups (broad SMARTS) is 1. The third-order valence-electron chi connectivity index (χ3n) is 1.01. The molecule has 0 unspecified atom stereocenters. The summed E-state index contributed by atoms with van der Waals surface area (Å²) in [4.78, 5) is 18.2. The zero-order valence-electron chi connectivity index (χ0n) is 10.9. The molecular formula is C12H22O6. The molecule has 0 saturated heterocycles. The minimum absolute atomic E-state index is 0. The summed E-state index contributed by atoms with van der Waals surface area (Å²) in [6.07, 6.45) is 0. The fraction of sp³-hybridized carbons (Fsp3) is 0.333. The van der Waals surface area contributed by atoms with Crippen molar-refractivity contribution in [2.45, 2.75) is 13.8 Å². The summed E-state index contributed by atoms with van der Waals surface area (Å²) in [5.74, 6) is -0.211. The van der Waals surface area contributed by atoms with Gasteiger partial charge in [-0.2, -0.15) is 0 Å². The van der Waals surface area contributed by atoms with Crippen molar-refractivity contribution in [2.75, 3.05) is 13.7 Å². The van der Waals surface area contributed by atoms with E-state index >= 15 is 0 Å². The van der Waals surface area contributed by atoms with E-state index in [0.717, 1.165) is 7.11 Å². The fourth-order valence-electron chi connectivity index (χ4n) is 0.588. The van der Waals surface area contributed by atoms with Crippen LogP contribution in [0.1, 0.15) is 13.8 Å². The first-order chi connectivity index (χ1) is 8.18. The minimum atomic E-state index is -0.250. The highest BCUT2D eigenvalue weighted by Crippen LogP contribution is 1.79. The van der Waals surface area contributed by atoms with Crippen molar-refractivity contribution < 1.29 is 30.0 Å². The molecule has 1 rings (SSSR count). The average molecular weight is 262 g/mol. The van der Waals surface area contributed by atoms with Crippen LogP contribution >= 0.6 is 0 Å². The van der Waals surface area contributed by atoms with Crippen LogP contribution in [0.15, 0.2) is 36.4 Å². The first-order valence-corrected chi connectivity index (χ1v) is 4.85. The van der Waals surface area contributed by atoms with E-state index in [-0.39, 0.29) is 17.9 Å². The minimum Gasteiger partial charge on any atom is -0.483 e. The molecule has 0 saturated carbocycles. The standard InChI is InChI=1S/C6H6.C4H8O2.CH2O2.CH4O.H2O/c1-2-4-6-5-3-1;1-3-6-4(2)5;2-1-3;1-2;/h1-6H;3H2,1-2H3;1H,(H,2,3);2H,1H3;1H2. The number of benzene rings is 1. The number of carbonyl (C=O) groups is 2. The molecule has 1 aromatic rings. The second kappa shape index (κ2) is 29.4. The van der Waals surface area contributed by atoms with E-state index in [2.05, 4.69) is 4.74 Å². The van der Waals surface area contributed by atoms with Gasteiger partial charge in [-0.25, -0.2) is 0 Å². The van der Waals surface area contributed by atoms with Gasteiger partial charge in [0.25, 0.3) is 6.47 Å². The van der Waals surface area contributed by atoms with E-state index in [1.165, 1.54) is 6.92 Å². The summed E-state index contributed by atoms with van der Waals surface area (Å²) in [7, 11) is 1.00. The fourth-order valence-corrected chi connectivity index (χ4v) is 0.588. The van der Waals surface area contributed by atoms with Gasteiger partial charge in [0.05, 0.1) is 6.61 Å². The molecule has 0 atom stereocenters. The molecular weight excluding hydrogens is 240 g/mol. The lowest BCUT2D eigenvalue weighted by Gasteiger charge is -1.89. The van der Waals surface area contributed by atoms with Gasteiger partial charge in [0.15, 0.2) is 0 Å². The second-order valence-corrected chi connectivity index (χ2v) is 2.18. The van der Waals surface area contributed by atoms with E-state index in [1.54, 1.807) is 6.92 Å². The molecule has 4 N–H and O–H groups in total. The Labute approximate surface area is 107 Å². The van der Waals surface area contributed by atoms with Crippen molar-refractivity contribution >= 4 is 12.4 Å². The molecule has 6 heteroatoms. The molecule has 1 aromatic carbocycles. The third kappa shape index (κ3) is 48.1. The quantitative estimate of drug-likeness (QED) is 0.572. The molecule has 0 aliphatic carbocycles. The van der Waals surface area contributed by atoms with Crippen LogP contribution in [0.3, 0.4) is 0 Å². The molecule has 0 spiro atoms. The topological polar surface area (TPSA) is 115 Å². The van der Waals surface area contributed by atoms with Gasteiger partial charge in [0.2, 0.25) is 0 Å². The van der Waals surface area contributed by atoms with Crippen molar-refractivity contribution in [3.05, 3.63) is 36.4 Å². The van der Waals surface area contributed by atoms with Crippen molar-refractivity contribution in [1.82, 2.24) is 0 Å². The summed E-state index contributed by atoms with van der Waals surface area (Å²) in [5, 5.41) is 13.9. The number of aliphatic hydroxyl groups excluding tert-OH is 1. The molecule has 0 aliphatic rings. The van der Waals surface area contributed by atoms with Gasteiger partial charge < -0.3 is 20.4 Å². The molecule has 6 nitrogen and oxygen atoms in total.